The summed E-state index contributed by atoms with van der Waals surface area (Å²) >= 11 is 0. The maximum absolute atomic E-state index is 12.1. The molecular weight excluding hydrogens is 324 g/mol. The Morgan fingerprint density at radius 1 is 0.962 bits per heavy atom. The number of rotatable bonds is 12. The van der Waals surface area contributed by atoms with Crippen LogP contribution in [-0.2, 0) is 14.3 Å². The predicted molar refractivity (Wildman–Crippen MR) is 108 cm³/mol. The molecule has 0 bridgehead atoms. The van der Waals surface area contributed by atoms with Crippen molar-refractivity contribution < 1.29 is 14.3 Å². The summed E-state index contributed by atoms with van der Waals surface area (Å²) < 4.78 is 4.66. The monoisotopic (exact) mass is 362 g/mol. The van der Waals surface area contributed by atoms with Gasteiger partial charge < -0.3 is 4.74 Å². The number of ketones is 1. The molecule has 0 amide bonds. The van der Waals surface area contributed by atoms with Gasteiger partial charge in [0.15, 0.2) is 0 Å². The highest BCUT2D eigenvalue weighted by Gasteiger charge is 2.37. The third-order valence-corrected chi connectivity index (χ3v) is 5.89. The van der Waals surface area contributed by atoms with Crippen molar-refractivity contribution in [1.29, 1.82) is 0 Å². The summed E-state index contributed by atoms with van der Waals surface area (Å²) in [6, 6.07) is 0. The van der Waals surface area contributed by atoms with Gasteiger partial charge in [-0.25, -0.2) is 0 Å². The summed E-state index contributed by atoms with van der Waals surface area (Å²) in [6.45, 7) is 6.71. The van der Waals surface area contributed by atoms with Crippen LogP contribution in [0.1, 0.15) is 78.6 Å². The van der Waals surface area contributed by atoms with Crippen LogP contribution >= 0.6 is 0 Å². The SMILES string of the molecule is C/C=C/CCC(=O)CC[C@@H]1[C@@H](C/C=C\CCCC(=O)OC)[C@@H](C)C[C@H]1C. The van der Waals surface area contributed by atoms with Gasteiger partial charge in [0.05, 0.1) is 7.11 Å². The fraction of sp³-hybridized carbons (Fsp3) is 0.739. The number of Topliss-reactive ketones (excluding diaryl/α,β-unsaturated/α-hetero) is 1. The van der Waals surface area contributed by atoms with Gasteiger partial charge in [-0.3, -0.25) is 9.59 Å². The lowest BCUT2D eigenvalue weighted by Gasteiger charge is -2.23. The van der Waals surface area contributed by atoms with Crippen molar-refractivity contribution in [3.63, 3.8) is 0 Å². The fourth-order valence-corrected chi connectivity index (χ4v) is 4.39. The topological polar surface area (TPSA) is 43.4 Å². The first kappa shape index (κ1) is 22.7. The quantitative estimate of drug-likeness (QED) is 0.247. The molecule has 0 N–H and O–H groups in total. The molecule has 148 valence electrons. The Labute approximate surface area is 160 Å². The van der Waals surface area contributed by atoms with Gasteiger partial charge in [0.1, 0.15) is 5.78 Å². The van der Waals surface area contributed by atoms with E-state index >= 15 is 0 Å². The van der Waals surface area contributed by atoms with Gasteiger partial charge in [-0.05, 0) is 69.1 Å². The van der Waals surface area contributed by atoms with Gasteiger partial charge in [0, 0.05) is 19.3 Å². The maximum Gasteiger partial charge on any atom is 0.305 e. The van der Waals surface area contributed by atoms with E-state index in [1.165, 1.54) is 13.5 Å². The van der Waals surface area contributed by atoms with Crippen LogP contribution in [0.15, 0.2) is 24.3 Å². The standard InChI is InChI=1S/C23H38O3/c1-5-6-9-12-20(24)15-16-22-19(3)17-18(2)21(22)13-10-7-8-11-14-23(25)26-4/h5-7,10,18-19,21-22H,8-9,11-17H2,1-4H3/b6-5+,10-7-/t18-,19+,21-,22-/m0/s1. The third kappa shape index (κ3) is 8.33. The third-order valence-electron chi connectivity index (χ3n) is 5.89. The number of carbonyl (C=O) groups is 2. The number of methoxy groups -OCH3 is 1. The van der Waals surface area contributed by atoms with Crippen molar-refractivity contribution in [3.8, 4) is 0 Å². The van der Waals surface area contributed by atoms with E-state index in [1.54, 1.807) is 0 Å². The number of carbonyl (C=O) groups excluding carboxylic acids is 2. The maximum atomic E-state index is 12.1. The van der Waals surface area contributed by atoms with Gasteiger partial charge in [-0.15, -0.1) is 0 Å². The average Bonchev–Trinajstić information content (AvgIpc) is 2.89. The molecule has 0 aromatic heterocycles. The molecule has 1 aliphatic rings. The zero-order chi connectivity index (χ0) is 19.4. The van der Waals surface area contributed by atoms with Crippen LogP contribution in [0.5, 0.6) is 0 Å². The molecule has 0 aromatic rings. The van der Waals surface area contributed by atoms with Crippen molar-refractivity contribution in [3.05, 3.63) is 24.3 Å². The smallest absolute Gasteiger partial charge is 0.305 e. The van der Waals surface area contributed by atoms with Crippen LogP contribution in [0.2, 0.25) is 0 Å². The van der Waals surface area contributed by atoms with E-state index in [0.717, 1.165) is 44.4 Å². The molecule has 4 atom stereocenters. The molecule has 0 aromatic carbocycles. The Morgan fingerprint density at radius 2 is 1.69 bits per heavy atom. The molecule has 3 heteroatoms. The van der Waals surface area contributed by atoms with E-state index < -0.39 is 0 Å². The van der Waals surface area contributed by atoms with E-state index in [9.17, 15) is 9.59 Å². The number of unbranched alkanes of at least 4 members (excludes halogenated alkanes) is 1. The molecule has 26 heavy (non-hydrogen) atoms. The van der Waals surface area contributed by atoms with Crippen LogP contribution in [0, 0.1) is 23.7 Å². The zero-order valence-corrected chi connectivity index (χ0v) is 17.2. The summed E-state index contributed by atoms with van der Waals surface area (Å²) in [4.78, 5) is 23.2. The van der Waals surface area contributed by atoms with Crippen molar-refractivity contribution >= 4 is 11.8 Å². The highest BCUT2D eigenvalue weighted by atomic mass is 16.5. The fourth-order valence-electron chi connectivity index (χ4n) is 4.39. The van der Waals surface area contributed by atoms with Crippen LogP contribution in [0.3, 0.4) is 0 Å². The first-order chi connectivity index (χ1) is 12.5. The Bertz CT molecular complexity index is 478. The summed E-state index contributed by atoms with van der Waals surface area (Å²) in [5.74, 6) is 3.07. The first-order valence-corrected chi connectivity index (χ1v) is 10.3. The van der Waals surface area contributed by atoms with Gasteiger partial charge in [-0.1, -0.05) is 38.2 Å². The second-order valence-electron chi connectivity index (χ2n) is 7.88. The van der Waals surface area contributed by atoms with E-state index in [2.05, 4.69) is 36.8 Å². The van der Waals surface area contributed by atoms with Crippen LogP contribution < -0.4 is 0 Å². The van der Waals surface area contributed by atoms with Gasteiger partial charge >= 0.3 is 5.97 Å². The van der Waals surface area contributed by atoms with Gasteiger partial charge in [-0.2, -0.15) is 0 Å². The molecule has 1 aliphatic carbocycles. The van der Waals surface area contributed by atoms with Crippen LogP contribution in [0.25, 0.3) is 0 Å². The van der Waals surface area contributed by atoms with Crippen LogP contribution in [0.4, 0.5) is 0 Å². The highest BCUT2D eigenvalue weighted by Crippen LogP contribution is 2.45. The molecule has 1 fully saturated rings. The van der Waals surface area contributed by atoms with E-state index in [4.69, 9.17) is 0 Å². The second-order valence-corrected chi connectivity index (χ2v) is 7.88. The van der Waals surface area contributed by atoms with Gasteiger partial charge in [0.25, 0.3) is 0 Å². The molecule has 0 aliphatic heterocycles. The van der Waals surface area contributed by atoms with Gasteiger partial charge in [0.2, 0.25) is 0 Å². The second kappa shape index (κ2) is 12.9. The number of hydrogen-bond acceptors (Lipinski definition) is 3. The van der Waals surface area contributed by atoms with Crippen molar-refractivity contribution in [1.82, 2.24) is 0 Å². The summed E-state index contributed by atoms with van der Waals surface area (Å²) in [5.41, 5.74) is 0. The average molecular weight is 363 g/mol. The Balaban J connectivity index is 2.38. The lowest BCUT2D eigenvalue weighted by molar-refractivity contribution is -0.140. The Kier molecular flexibility index (Phi) is 11.2. The van der Waals surface area contributed by atoms with E-state index in [1.807, 2.05) is 13.0 Å². The molecule has 0 spiro atoms. The number of ether oxygens (including phenoxy) is 1. The molecule has 0 saturated heterocycles. The zero-order valence-electron chi connectivity index (χ0n) is 17.2. The minimum absolute atomic E-state index is 0.129. The lowest BCUT2D eigenvalue weighted by Crippen LogP contribution is -2.17. The van der Waals surface area contributed by atoms with E-state index in [0.29, 0.717) is 36.4 Å². The molecule has 0 heterocycles. The summed E-state index contributed by atoms with van der Waals surface area (Å²) in [5, 5.41) is 0. The molecule has 0 unspecified atom stereocenters. The van der Waals surface area contributed by atoms with Crippen molar-refractivity contribution in [2.45, 2.75) is 78.6 Å². The first-order valence-electron chi connectivity index (χ1n) is 10.3. The van der Waals surface area contributed by atoms with Crippen molar-refractivity contribution in [2.75, 3.05) is 7.11 Å². The van der Waals surface area contributed by atoms with Crippen molar-refractivity contribution in [2.24, 2.45) is 23.7 Å². The Morgan fingerprint density at radius 3 is 2.38 bits per heavy atom. The normalized spacial score (nSPS) is 26.0. The molecule has 1 saturated carbocycles. The summed E-state index contributed by atoms with van der Waals surface area (Å²) in [7, 11) is 1.44. The molecular formula is C23H38O3. The van der Waals surface area contributed by atoms with E-state index in [-0.39, 0.29) is 5.97 Å². The largest absolute Gasteiger partial charge is 0.469 e. The summed E-state index contributed by atoms with van der Waals surface area (Å²) in [6.07, 6.45) is 16.6. The highest BCUT2D eigenvalue weighted by molar-refractivity contribution is 5.78. The Hall–Kier alpha value is -1.38. The van der Waals surface area contributed by atoms with Crippen LogP contribution in [-0.4, -0.2) is 18.9 Å². The number of esters is 1. The lowest BCUT2D eigenvalue weighted by atomic mass is 9.81. The number of allylic oxidation sites excluding steroid dienone is 4. The number of hydrogen-bond donors (Lipinski definition) is 0. The molecule has 0 radical (unpaired) electrons. The predicted octanol–water partition coefficient (Wildman–Crippen LogP) is 5.89. The molecule has 3 nitrogen and oxygen atoms in total. The minimum Gasteiger partial charge on any atom is -0.469 e. The minimum atomic E-state index is -0.129. The molecule has 1 rings (SSSR count).